The molecular weight excluding hydrogens is 448 g/mol. The van der Waals surface area contributed by atoms with Crippen LogP contribution in [0.25, 0.3) is 21.3 Å². The molecule has 3 aromatic heterocycles. The lowest BCUT2D eigenvalue weighted by atomic mass is 10.1. The lowest BCUT2D eigenvalue weighted by molar-refractivity contribution is -0.385. The van der Waals surface area contributed by atoms with Crippen molar-refractivity contribution in [2.45, 2.75) is 6.54 Å². The lowest BCUT2D eigenvalue weighted by Gasteiger charge is -2.05. The van der Waals surface area contributed by atoms with E-state index >= 15 is 0 Å². The number of fused-ring (bicyclic) bond motifs is 1. The summed E-state index contributed by atoms with van der Waals surface area (Å²) in [5.41, 5.74) is 0.717. The minimum Gasteiger partial charge on any atom is -0.308 e. The quantitative estimate of drug-likeness (QED) is 0.371. The van der Waals surface area contributed by atoms with Crippen molar-refractivity contribution in [2.75, 3.05) is 0 Å². The van der Waals surface area contributed by atoms with Gasteiger partial charge in [-0.1, -0.05) is 28.1 Å². The number of rotatable bonds is 4. The van der Waals surface area contributed by atoms with E-state index in [2.05, 4.69) is 25.9 Å². The van der Waals surface area contributed by atoms with Gasteiger partial charge in [-0.3, -0.25) is 19.7 Å². The predicted octanol–water partition coefficient (Wildman–Crippen LogP) is 3.53. The second-order valence-corrected chi connectivity index (χ2v) is 7.73. The number of nitrogens with one attached hydrogen (secondary N) is 1. The second kappa shape index (κ2) is 7.13. The maximum atomic E-state index is 12.7. The molecule has 0 fully saturated rings. The van der Waals surface area contributed by atoms with E-state index in [1.807, 2.05) is 29.6 Å². The van der Waals surface area contributed by atoms with Crippen LogP contribution in [-0.4, -0.2) is 19.5 Å². The number of nitro groups is 1. The summed E-state index contributed by atoms with van der Waals surface area (Å²) in [5.74, 6) is 0.254. The third-order valence-corrected chi connectivity index (χ3v) is 5.55. The molecule has 8 nitrogen and oxygen atoms in total. The number of halogens is 1. The van der Waals surface area contributed by atoms with Gasteiger partial charge in [-0.15, -0.1) is 11.3 Å². The zero-order chi connectivity index (χ0) is 19.8. The molecule has 0 spiro atoms. The highest BCUT2D eigenvalue weighted by Crippen LogP contribution is 2.31. The van der Waals surface area contributed by atoms with Gasteiger partial charge in [-0.05, 0) is 17.7 Å². The predicted molar refractivity (Wildman–Crippen MR) is 110 cm³/mol. The Hall–Kier alpha value is -3.11. The molecule has 0 aliphatic carbocycles. The summed E-state index contributed by atoms with van der Waals surface area (Å²) in [6, 6.07) is 9.85. The van der Waals surface area contributed by atoms with E-state index in [9.17, 15) is 19.7 Å². The van der Waals surface area contributed by atoms with Crippen molar-refractivity contribution in [3.63, 3.8) is 0 Å². The average Bonchev–Trinajstić information content (AvgIpc) is 3.08. The summed E-state index contributed by atoms with van der Waals surface area (Å²) in [7, 11) is 0. The molecule has 0 aliphatic heterocycles. The van der Waals surface area contributed by atoms with Crippen molar-refractivity contribution in [3.8, 4) is 11.1 Å². The smallest absolute Gasteiger partial charge is 0.285 e. The standard InChI is InChI=1S/C18H11BrN4O4S/c19-11-3-1-10(2-4-11)13-9-28-18-16(13)17(25)20-14(21-18)8-22-7-12(23(26)27)5-6-15(22)24/h1-7,9H,8H2,(H,20,21,25). The zero-order valence-electron chi connectivity index (χ0n) is 14.1. The summed E-state index contributed by atoms with van der Waals surface area (Å²) in [5, 5.41) is 13.3. The van der Waals surface area contributed by atoms with Crippen LogP contribution in [0.4, 0.5) is 5.69 Å². The summed E-state index contributed by atoms with van der Waals surface area (Å²) < 4.78 is 2.08. The highest BCUT2D eigenvalue weighted by Gasteiger charge is 2.14. The van der Waals surface area contributed by atoms with Gasteiger partial charge < -0.3 is 9.55 Å². The molecule has 4 rings (SSSR count). The third-order valence-electron chi connectivity index (χ3n) is 4.15. The van der Waals surface area contributed by atoms with Crippen LogP contribution in [0.2, 0.25) is 0 Å². The fourth-order valence-electron chi connectivity index (χ4n) is 2.82. The van der Waals surface area contributed by atoms with Crippen molar-refractivity contribution in [2.24, 2.45) is 0 Å². The molecule has 0 saturated carbocycles. The van der Waals surface area contributed by atoms with Crippen LogP contribution in [0.3, 0.4) is 0 Å². The van der Waals surface area contributed by atoms with Gasteiger partial charge in [-0.25, -0.2) is 4.98 Å². The number of hydrogen-bond acceptors (Lipinski definition) is 6. The van der Waals surface area contributed by atoms with E-state index in [-0.39, 0.29) is 23.6 Å². The Morgan fingerprint density at radius 2 is 1.93 bits per heavy atom. The first kappa shape index (κ1) is 18.3. The molecule has 28 heavy (non-hydrogen) atoms. The lowest BCUT2D eigenvalue weighted by Crippen LogP contribution is -2.22. The Bertz CT molecular complexity index is 1320. The van der Waals surface area contributed by atoms with Gasteiger partial charge in [0.15, 0.2) is 0 Å². The van der Waals surface area contributed by atoms with Gasteiger partial charge >= 0.3 is 0 Å². The largest absolute Gasteiger partial charge is 0.308 e. The van der Waals surface area contributed by atoms with Gasteiger partial charge in [0.25, 0.3) is 16.8 Å². The number of nitrogens with zero attached hydrogens (tertiary/aromatic N) is 3. The molecule has 0 radical (unpaired) electrons. The van der Waals surface area contributed by atoms with Crippen LogP contribution >= 0.6 is 27.3 Å². The average molecular weight is 459 g/mol. The number of thiophene rings is 1. The molecular formula is C18H11BrN4O4S. The normalized spacial score (nSPS) is 11.0. The van der Waals surface area contributed by atoms with E-state index in [0.29, 0.717) is 10.2 Å². The SMILES string of the molecule is O=c1[nH]c(Cn2cc([N+](=O)[O-])ccc2=O)nc2scc(-c3ccc(Br)cc3)c12. The molecule has 4 aromatic rings. The van der Waals surface area contributed by atoms with E-state index in [1.165, 1.54) is 11.3 Å². The molecule has 1 aromatic carbocycles. The fourth-order valence-corrected chi connectivity index (χ4v) is 4.05. The van der Waals surface area contributed by atoms with Crippen molar-refractivity contribution in [1.29, 1.82) is 0 Å². The molecule has 0 aliphatic rings. The molecule has 0 bridgehead atoms. The van der Waals surface area contributed by atoms with E-state index in [1.54, 1.807) is 0 Å². The van der Waals surface area contributed by atoms with Crippen LogP contribution in [0.1, 0.15) is 5.82 Å². The number of aromatic nitrogens is 3. The maximum Gasteiger partial charge on any atom is 0.285 e. The summed E-state index contributed by atoms with van der Waals surface area (Å²) >= 11 is 4.71. The molecule has 10 heteroatoms. The Morgan fingerprint density at radius 1 is 1.18 bits per heavy atom. The Morgan fingerprint density at radius 3 is 2.64 bits per heavy atom. The van der Waals surface area contributed by atoms with Crippen molar-refractivity contribution < 1.29 is 4.92 Å². The summed E-state index contributed by atoms with van der Waals surface area (Å²) in [4.78, 5) is 42.7. The maximum absolute atomic E-state index is 12.7. The molecule has 0 unspecified atom stereocenters. The van der Waals surface area contributed by atoms with E-state index in [0.717, 1.165) is 38.5 Å². The van der Waals surface area contributed by atoms with Crippen LogP contribution < -0.4 is 11.1 Å². The van der Waals surface area contributed by atoms with Crippen LogP contribution in [0.15, 0.2) is 62.0 Å². The summed E-state index contributed by atoms with van der Waals surface area (Å²) in [6.07, 6.45) is 1.13. The monoisotopic (exact) mass is 458 g/mol. The first-order chi connectivity index (χ1) is 13.4. The van der Waals surface area contributed by atoms with E-state index < -0.39 is 10.5 Å². The van der Waals surface area contributed by atoms with Crippen molar-refractivity contribution in [1.82, 2.24) is 14.5 Å². The van der Waals surface area contributed by atoms with Crippen molar-refractivity contribution in [3.05, 3.63) is 89.1 Å². The minimum atomic E-state index is -0.584. The van der Waals surface area contributed by atoms with Gasteiger partial charge in [0.1, 0.15) is 10.7 Å². The fraction of sp³-hybridized carbons (Fsp3) is 0.0556. The number of pyridine rings is 1. The van der Waals surface area contributed by atoms with Gasteiger partial charge in [-0.2, -0.15) is 0 Å². The van der Waals surface area contributed by atoms with Crippen LogP contribution in [-0.2, 0) is 6.54 Å². The van der Waals surface area contributed by atoms with Gasteiger partial charge in [0.05, 0.1) is 23.1 Å². The van der Waals surface area contributed by atoms with Gasteiger partial charge in [0.2, 0.25) is 0 Å². The Labute approximate surface area is 169 Å². The first-order valence-corrected chi connectivity index (χ1v) is 9.71. The Balaban J connectivity index is 1.76. The number of benzene rings is 1. The Kier molecular flexibility index (Phi) is 4.65. The molecule has 0 atom stereocenters. The number of hydrogen-bond donors (Lipinski definition) is 1. The number of H-pyrrole nitrogens is 1. The molecule has 3 heterocycles. The topological polar surface area (TPSA) is 111 Å². The molecule has 0 saturated heterocycles. The highest BCUT2D eigenvalue weighted by atomic mass is 79.9. The van der Waals surface area contributed by atoms with Crippen molar-refractivity contribution >= 4 is 43.2 Å². The first-order valence-electron chi connectivity index (χ1n) is 8.03. The second-order valence-electron chi connectivity index (χ2n) is 5.96. The van der Waals surface area contributed by atoms with E-state index in [4.69, 9.17) is 0 Å². The number of aromatic amines is 1. The molecule has 1 N–H and O–H groups in total. The van der Waals surface area contributed by atoms with Crippen LogP contribution in [0, 0.1) is 10.1 Å². The summed E-state index contributed by atoms with van der Waals surface area (Å²) in [6.45, 7) is -0.0722. The third kappa shape index (κ3) is 3.39. The molecule has 0 amide bonds. The minimum absolute atomic E-state index is 0.0722. The van der Waals surface area contributed by atoms with Crippen LogP contribution in [0.5, 0.6) is 0 Å². The zero-order valence-corrected chi connectivity index (χ0v) is 16.5. The highest BCUT2D eigenvalue weighted by molar-refractivity contribution is 9.10. The van der Waals surface area contributed by atoms with Gasteiger partial charge in [0, 0.05) is 27.5 Å². The molecule has 140 valence electrons.